The maximum atomic E-state index is 13.5. The van der Waals surface area contributed by atoms with Gasteiger partial charge in [0.05, 0.1) is 25.4 Å². The minimum absolute atomic E-state index is 0.0380. The lowest BCUT2D eigenvalue weighted by molar-refractivity contribution is 0.0599. The number of carboxylic acids is 1. The van der Waals surface area contributed by atoms with Gasteiger partial charge in [0.2, 0.25) is 0 Å². The third kappa shape index (κ3) is 3.29. The third-order valence-electron chi connectivity index (χ3n) is 2.00. The molecule has 0 atom stereocenters. The number of carbonyl (C=O) groups is 1. The number of methoxy groups -OCH3 is 1. The van der Waals surface area contributed by atoms with E-state index in [2.05, 4.69) is 0 Å². The zero-order valence-corrected chi connectivity index (χ0v) is 8.90. The Morgan fingerprint density at radius 1 is 1.44 bits per heavy atom. The van der Waals surface area contributed by atoms with E-state index in [0.29, 0.717) is 13.2 Å². The van der Waals surface area contributed by atoms with E-state index in [9.17, 15) is 9.18 Å². The SMILES string of the molecule is COCCOCc1cccc(C(=O)O)c1F. The molecule has 4 nitrogen and oxygen atoms in total. The molecule has 0 aromatic heterocycles. The molecule has 0 radical (unpaired) electrons. The minimum atomic E-state index is -1.28. The van der Waals surface area contributed by atoms with Gasteiger partial charge in [-0.25, -0.2) is 9.18 Å². The second kappa shape index (κ2) is 6.19. The molecular formula is C11H13FO4. The molecule has 0 fully saturated rings. The second-order valence-electron chi connectivity index (χ2n) is 3.13. The van der Waals surface area contributed by atoms with Crippen LogP contribution in [0.2, 0.25) is 0 Å². The molecule has 0 aliphatic heterocycles. The Hall–Kier alpha value is -1.46. The molecule has 1 rings (SSSR count). The van der Waals surface area contributed by atoms with E-state index in [1.165, 1.54) is 25.3 Å². The molecule has 0 aliphatic rings. The van der Waals surface area contributed by atoms with Crippen molar-refractivity contribution in [3.63, 3.8) is 0 Å². The normalized spacial score (nSPS) is 10.4. The van der Waals surface area contributed by atoms with Gasteiger partial charge in [-0.05, 0) is 6.07 Å². The number of rotatable bonds is 6. The van der Waals surface area contributed by atoms with Crippen LogP contribution >= 0.6 is 0 Å². The first-order valence-electron chi connectivity index (χ1n) is 4.74. The minimum Gasteiger partial charge on any atom is -0.478 e. The molecule has 88 valence electrons. The molecular weight excluding hydrogens is 215 g/mol. The van der Waals surface area contributed by atoms with Gasteiger partial charge in [-0.15, -0.1) is 0 Å². The highest BCUT2D eigenvalue weighted by Gasteiger charge is 2.13. The van der Waals surface area contributed by atoms with Crippen molar-refractivity contribution >= 4 is 5.97 Å². The van der Waals surface area contributed by atoms with Crippen LogP contribution in [0.15, 0.2) is 18.2 Å². The average molecular weight is 228 g/mol. The lowest BCUT2D eigenvalue weighted by atomic mass is 10.1. The molecule has 0 aliphatic carbocycles. The van der Waals surface area contributed by atoms with E-state index in [0.717, 1.165) is 0 Å². The summed E-state index contributed by atoms with van der Waals surface area (Å²) in [6, 6.07) is 4.20. The summed E-state index contributed by atoms with van der Waals surface area (Å²) in [5, 5.41) is 8.70. The highest BCUT2D eigenvalue weighted by molar-refractivity contribution is 5.88. The van der Waals surface area contributed by atoms with Crippen molar-refractivity contribution in [3.05, 3.63) is 35.1 Å². The first-order chi connectivity index (χ1) is 7.66. The molecule has 1 aromatic rings. The molecule has 5 heteroatoms. The summed E-state index contributed by atoms with van der Waals surface area (Å²) >= 11 is 0. The predicted molar refractivity (Wildman–Crippen MR) is 54.9 cm³/mol. The van der Waals surface area contributed by atoms with Gasteiger partial charge < -0.3 is 14.6 Å². The number of aromatic carboxylic acids is 1. The van der Waals surface area contributed by atoms with E-state index < -0.39 is 11.8 Å². The van der Waals surface area contributed by atoms with Gasteiger partial charge in [0.1, 0.15) is 5.82 Å². The highest BCUT2D eigenvalue weighted by Crippen LogP contribution is 2.13. The van der Waals surface area contributed by atoms with Crippen LogP contribution in [0.3, 0.4) is 0 Å². The first-order valence-corrected chi connectivity index (χ1v) is 4.74. The van der Waals surface area contributed by atoms with Crippen LogP contribution < -0.4 is 0 Å². The average Bonchev–Trinajstić information content (AvgIpc) is 2.26. The van der Waals surface area contributed by atoms with E-state index in [-0.39, 0.29) is 17.7 Å². The van der Waals surface area contributed by atoms with Crippen molar-refractivity contribution < 1.29 is 23.8 Å². The second-order valence-corrected chi connectivity index (χ2v) is 3.13. The van der Waals surface area contributed by atoms with Gasteiger partial charge in [0.25, 0.3) is 0 Å². The molecule has 0 heterocycles. The standard InChI is InChI=1S/C11H13FO4/c1-15-5-6-16-7-8-3-2-4-9(10(8)12)11(13)14/h2-4H,5-7H2,1H3,(H,13,14). The van der Waals surface area contributed by atoms with Crippen molar-refractivity contribution in [3.8, 4) is 0 Å². The van der Waals surface area contributed by atoms with Crippen LogP contribution in [0.1, 0.15) is 15.9 Å². The van der Waals surface area contributed by atoms with Crippen molar-refractivity contribution in [1.82, 2.24) is 0 Å². The largest absolute Gasteiger partial charge is 0.478 e. The lowest BCUT2D eigenvalue weighted by Gasteiger charge is -2.06. The highest BCUT2D eigenvalue weighted by atomic mass is 19.1. The molecule has 0 saturated heterocycles. The van der Waals surface area contributed by atoms with Crippen LogP contribution in [-0.2, 0) is 16.1 Å². The summed E-state index contributed by atoms with van der Waals surface area (Å²) in [6.45, 7) is 0.795. The summed E-state index contributed by atoms with van der Waals surface area (Å²) < 4.78 is 23.4. The van der Waals surface area contributed by atoms with Gasteiger partial charge in [-0.3, -0.25) is 0 Å². The van der Waals surface area contributed by atoms with Gasteiger partial charge >= 0.3 is 5.97 Å². The molecule has 0 unspecified atom stereocenters. The quantitative estimate of drug-likeness (QED) is 0.753. The van der Waals surface area contributed by atoms with Crippen molar-refractivity contribution in [2.75, 3.05) is 20.3 Å². The Morgan fingerprint density at radius 3 is 2.81 bits per heavy atom. The topological polar surface area (TPSA) is 55.8 Å². The summed E-state index contributed by atoms with van der Waals surface area (Å²) in [5.74, 6) is -2.02. The first kappa shape index (κ1) is 12.6. The zero-order valence-electron chi connectivity index (χ0n) is 8.90. The van der Waals surface area contributed by atoms with Crippen molar-refractivity contribution in [1.29, 1.82) is 0 Å². The molecule has 1 aromatic carbocycles. The fraction of sp³-hybridized carbons (Fsp3) is 0.364. The summed E-state index contributed by atoms with van der Waals surface area (Å²) in [7, 11) is 1.54. The fourth-order valence-electron chi connectivity index (χ4n) is 1.18. The molecule has 0 spiro atoms. The smallest absolute Gasteiger partial charge is 0.338 e. The predicted octanol–water partition coefficient (Wildman–Crippen LogP) is 1.69. The number of hydrogen-bond donors (Lipinski definition) is 1. The van der Waals surface area contributed by atoms with Gasteiger partial charge in [-0.2, -0.15) is 0 Å². The number of halogens is 1. The van der Waals surface area contributed by atoms with Crippen LogP contribution in [0.5, 0.6) is 0 Å². The number of hydrogen-bond acceptors (Lipinski definition) is 3. The number of benzene rings is 1. The molecule has 0 bridgehead atoms. The maximum absolute atomic E-state index is 13.5. The van der Waals surface area contributed by atoms with Crippen LogP contribution in [-0.4, -0.2) is 31.4 Å². The monoisotopic (exact) mass is 228 g/mol. The summed E-state index contributed by atoms with van der Waals surface area (Å²) in [5.41, 5.74) is -0.108. The summed E-state index contributed by atoms with van der Waals surface area (Å²) in [4.78, 5) is 10.6. The Balaban J connectivity index is 2.66. The molecule has 1 N–H and O–H groups in total. The lowest BCUT2D eigenvalue weighted by Crippen LogP contribution is -2.06. The van der Waals surface area contributed by atoms with Crippen molar-refractivity contribution in [2.24, 2.45) is 0 Å². The Kier molecular flexibility index (Phi) is 4.88. The maximum Gasteiger partial charge on any atom is 0.338 e. The van der Waals surface area contributed by atoms with Crippen molar-refractivity contribution in [2.45, 2.75) is 6.61 Å². The van der Waals surface area contributed by atoms with Crippen LogP contribution in [0.25, 0.3) is 0 Å². The fourth-order valence-corrected chi connectivity index (χ4v) is 1.18. The van der Waals surface area contributed by atoms with Gasteiger partial charge in [-0.1, -0.05) is 12.1 Å². The van der Waals surface area contributed by atoms with Gasteiger partial charge in [0.15, 0.2) is 0 Å². The van der Waals surface area contributed by atoms with E-state index in [4.69, 9.17) is 14.6 Å². The van der Waals surface area contributed by atoms with Crippen LogP contribution in [0.4, 0.5) is 4.39 Å². The molecule has 16 heavy (non-hydrogen) atoms. The van der Waals surface area contributed by atoms with Crippen LogP contribution in [0, 0.1) is 5.82 Å². The van der Waals surface area contributed by atoms with E-state index in [1.807, 2.05) is 0 Å². The Bertz CT molecular complexity index is 365. The Morgan fingerprint density at radius 2 is 2.19 bits per heavy atom. The molecule has 0 amide bonds. The number of carboxylic acid groups (broad SMARTS) is 1. The molecule has 0 saturated carbocycles. The van der Waals surface area contributed by atoms with E-state index >= 15 is 0 Å². The van der Waals surface area contributed by atoms with Gasteiger partial charge in [0, 0.05) is 12.7 Å². The van der Waals surface area contributed by atoms with E-state index in [1.54, 1.807) is 0 Å². The zero-order chi connectivity index (χ0) is 12.0. The Labute approximate surface area is 92.6 Å². The summed E-state index contributed by atoms with van der Waals surface area (Å²) in [6.07, 6.45) is 0. The third-order valence-corrected chi connectivity index (χ3v) is 2.00. The number of ether oxygens (including phenoxy) is 2.